The number of anilines is 2. The van der Waals surface area contributed by atoms with Gasteiger partial charge in [0.15, 0.2) is 17.5 Å². The summed E-state index contributed by atoms with van der Waals surface area (Å²) in [4.78, 5) is 15.1. The molecule has 5 heterocycles. The minimum atomic E-state index is -0.150. The Morgan fingerprint density at radius 1 is 1.00 bits per heavy atom. The van der Waals surface area contributed by atoms with Crippen molar-refractivity contribution in [2.24, 2.45) is 7.05 Å². The minimum Gasteiger partial charge on any atom is -0.356 e. The maximum Gasteiger partial charge on any atom is 0.188 e. The van der Waals surface area contributed by atoms with Crippen LogP contribution in [0.5, 0.6) is 0 Å². The number of hydrogen-bond donors (Lipinski definition) is 0. The first-order valence-electron chi connectivity index (χ1n) is 13.8. The SMILES string of the molecule is Cc1ccc2c(c(C)nn2SI)c1-c1nc2c(c(N3CCCCC3)n1)CN(c1c(F)c(C3CC3)nn1C)CC2. The van der Waals surface area contributed by atoms with Crippen LogP contribution in [0.2, 0.25) is 0 Å². The van der Waals surface area contributed by atoms with Gasteiger partial charge in [0.05, 0.1) is 16.9 Å². The molecule has 3 aliphatic rings. The van der Waals surface area contributed by atoms with Gasteiger partial charge in [0.1, 0.15) is 11.5 Å². The van der Waals surface area contributed by atoms with E-state index in [9.17, 15) is 0 Å². The Bertz CT molecular complexity index is 1590. The fraction of sp³-hybridized carbons (Fsp3) is 0.500. The summed E-state index contributed by atoms with van der Waals surface area (Å²) in [5, 5.41) is 10.5. The van der Waals surface area contributed by atoms with Gasteiger partial charge in [-0.3, -0.25) is 0 Å². The van der Waals surface area contributed by atoms with E-state index >= 15 is 4.39 Å². The molecule has 2 fully saturated rings. The lowest BCUT2D eigenvalue weighted by Gasteiger charge is -2.35. The summed E-state index contributed by atoms with van der Waals surface area (Å²) < 4.78 is 19.3. The zero-order chi connectivity index (χ0) is 26.8. The van der Waals surface area contributed by atoms with Crippen molar-refractivity contribution < 1.29 is 4.39 Å². The topological polar surface area (TPSA) is 67.9 Å². The van der Waals surface area contributed by atoms with E-state index in [1.165, 1.54) is 6.42 Å². The fourth-order valence-corrected chi connectivity index (χ4v) is 7.61. The van der Waals surface area contributed by atoms with Gasteiger partial charge in [-0.2, -0.15) is 14.3 Å². The molecule has 3 aromatic heterocycles. The van der Waals surface area contributed by atoms with E-state index in [4.69, 9.17) is 15.1 Å². The van der Waals surface area contributed by atoms with E-state index in [0.717, 1.165) is 95.8 Å². The maximum atomic E-state index is 15.6. The fourth-order valence-electron chi connectivity index (χ4n) is 6.33. The molecule has 4 aromatic rings. The van der Waals surface area contributed by atoms with E-state index in [0.29, 0.717) is 24.6 Å². The Morgan fingerprint density at radius 3 is 2.54 bits per heavy atom. The highest BCUT2D eigenvalue weighted by Crippen LogP contribution is 2.43. The molecule has 204 valence electrons. The van der Waals surface area contributed by atoms with Crippen molar-refractivity contribution in [1.82, 2.24) is 28.9 Å². The maximum absolute atomic E-state index is 15.6. The van der Waals surface area contributed by atoms with Crippen LogP contribution in [0.3, 0.4) is 0 Å². The Balaban J connectivity index is 1.36. The number of aromatic nitrogens is 6. The van der Waals surface area contributed by atoms with Gasteiger partial charge < -0.3 is 9.80 Å². The van der Waals surface area contributed by atoms with Crippen LogP contribution < -0.4 is 9.80 Å². The highest BCUT2D eigenvalue weighted by atomic mass is 127. The number of halogens is 2. The van der Waals surface area contributed by atoms with Gasteiger partial charge in [0.25, 0.3) is 0 Å². The first-order valence-corrected chi connectivity index (χ1v) is 17.2. The van der Waals surface area contributed by atoms with Crippen molar-refractivity contribution in [2.45, 2.75) is 64.8 Å². The molecule has 1 aliphatic carbocycles. The summed E-state index contributed by atoms with van der Waals surface area (Å²) in [6.07, 6.45) is 6.38. The molecule has 1 saturated carbocycles. The molecule has 0 spiro atoms. The van der Waals surface area contributed by atoms with Crippen molar-refractivity contribution in [3.05, 3.63) is 46.2 Å². The summed E-state index contributed by atoms with van der Waals surface area (Å²) in [6.45, 7) is 7.47. The van der Waals surface area contributed by atoms with Crippen LogP contribution in [-0.4, -0.2) is 48.6 Å². The molecular formula is C28H32FIN8S. The number of aryl methyl sites for hydroxylation is 3. The molecule has 2 aliphatic heterocycles. The molecular weight excluding hydrogens is 626 g/mol. The molecule has 0 radical (unpaired) electrons. The minimum absolute atomic E-state index is 0.150. The Labute approximate surface area is 244 Å². The lowest BCUT2D eigenvalue weighted by molar-refractivity contribution is 0.564. The first-order chi connectivity index (χ1) is 18.9. The predicted octanol–water partition coefficient (Wildman–Crippen LogP) is 6.26. The quantitative estimate of drug-likeness (QED) is 0.235. The number of fused-ring (bicyclic) bond motifs is 2. The summed E-state index contributed by atoms with van der Waals surface area (Å²) in [5.74, 6) is 2.50. The standard InChI is InChI=1S/C28H32FIN8S/c1-16-7-10-21-23(17(2)33-38(21)39-30)22(16)26-31-20-11-14-37(28-24(29)25(18-8-9-18)34-35(28)3)15-19(20)27(32-26)36-12-5-4-6-13-36/h7,10,18H,4-6,8-9,11-15H2,1-3H3. The lowest BCUT2D eigenvalue weighted by Crippen LogP contribution is -2.37. The van der Waals surface area contributed by atoms with Crippen LogP contribution in [0.4, 0.5) is 16.0 Å². The molecule has 1 saturated heterocycles. The Hall–Kier alpha value is -2.41. The highest BCUT2D eigenvalue weighted by molar-refractivity contribution is 14.2. The van der Waals surface area contributed by atoms with Crippen molar-refractivity contribution in [3.8, 4) is 11.4 Å². The lowest BCUT2D eigenvalue weighted by atomic mass is 9.99. The van der Waals surface area contributed by atoms with Crippen LogP contribution in [0.25, 0.3) is 22.3 Å². The number of rotatable bonds is 5. The third kappa shape index (κ3) is 4.30. The first kappa shape index (κ1) is 25.6. The normalized spacial score (nSPS) is 17.8. The van der Waals surface area contributed by atoms with Gasteiger partial charge in [0.2, 0.25) is 0 Å². The van der Waals surface area contributed by atoms with Crippen LogP contribution in [-0.2, 0) is 20.0 Å². The second-order valence-corrected chi connectivity index (χ2v) is 12.8. The molecule has 1 aromatic carbocycles. The van der Waals surface area contributed by atoms with Crippen molar-refractivity contribution >= 4 is 52.9 Å². The Morgan fingerprint density at radius 2 is 1.79 bits per heavy atom. The molecule has 39 heavy (non-hydrogen) atoms. The molecule has 0 atom stereocenters. The second kappa shape index (κ2) is 9.90. The number of piperidine rings is 1. The second-order valence-electron chi connectivity index (χ2n) is 11.1. The van der Waals surface area contributed by atoms with Crippen molar-refractivity contribution in [2.75, 3.05) is 29.4 Å². The van der Waals surface area contributed by atoms with Crippen LogP contribution in [0.15, 0.2) is 12.1 Å². The van der Waals surface area contributed by atoms with Crippen LogP contribution in [0, 0.1) is 19.7 Å². The largest absolute Gasteiger partial charge is 0.356 e. The summed E-state index contributed by atoms with van der Waals surface area (Å²) in [7, 11) is 3.43. The van der Waals surface area contributed by atoms with Crippen LogP contribution >= 0.6 is 30.3 Å². The van der Waals surface area contributed by atoms with Gasteiger partial charge in [-0.05, 0) is 57.6 Å². The van der Waals surface area contributed by atoms with Crippen LogP contribution in [0.1, 0.15) is 66.2 Å². The molecule has 11 heteroatoms. The zero-order valence-corrected chi connectivity index (χ0v) is 25.5. The molecule has 0 bridgehead atoms. The Kier molecular flexibility index (Phi) is 6.48. The molecule has 7 rings (SSSR count). The number of hydrogen-bond acceptors (Lipinski definition) is 7. The summed E-state index contributed by atoms with van der Waals surface area (Å²) in [5.41, 5.74) is 7.11. The van der Waals surface area contributed by atoms with E-state index in [-0.39, 0.29) is 11.7 Å². The molecule has 8 nitrogen and oxygen atoms in total. The average molecular weight is 659 g/mol. The van der Waals surface area contributed by atoms with E-state index in [1.807, 2.05) is 11.1 Å². The van der Waals surface area contributed by atoms with Crippen molar-refractivity contribution in [1.29, 1.82) is 0 Å². The molecule has 0 amide bonds. The number of benzene rings is 1. The molecule has 0 unspecified atom stereocenters. The van der Waals surface area contributed by atoms with Gasteiger partial charge in [0, 0.05) is 92.4 Å². The van der Waals surface area contributed by atoms with Gasteiger partial charge in [-0.15, -0.1) is 0 Å². The molecule has 0 N–H and O–H groups in total. The van der Waals surface area contributed by atoms with E-state index in [1.54, 1.807) is 13.8 Å². The van der Waals surface area contributed by atoms with Gasteiger partial charge >= 0.3 is 0 Å². The van der Waals surface area contributed by atoms with Gasteiger partial charge in [-0.1, -0.05) is 6.07 Å². The highest BCUT2D eigenvalue weighted by Gasteiger charge is 2.35. The predicted molar refractivity (Wildman–Crippen MR) is 163 cm³/mol. The van der Waals surface area contributed by atoms with Gasteiger partial charge in [-0.25, -0.2) is 19.0 Å². The summed E-state index contributed by atoms with van der Waals surface area (Å²) in [6, 6.07) is 4.29. The monoisotopic (exact) mass is 658 g/mol. The third-order valence-electron chi connectivity index (χ3n) is 8.43. The number of nitrogens with zero attached hydrogens (tertiary/aromatic N) is 8. The third-order valence-corrected chi connectivity index (χ3v) is 9.96. The summed E-state index contributed by atoms with van der Waals surface area (Å²) >= 11 is 2.27. The van der Waals surface area contributed by atoms with E-state index in [2.05, 4.69) is 62.1 Å². The zero-order valence-electron chi connectivity index (χ0n) is 22.5. The smallest absolute Gasteiger partial charge is 0.188 e. The van der Waals surface area contributed by atoms with Crippen molar-refractivity contribution in [3.63, 3.8) is 0 Å². The van der Waals surface area contributed by atoms with E-state index < -0.39 is 0 Å². The average Bonchev–Trinajstić information content (AvgIpc) is 3.68.